The van der Waals surface area contributed by atoms with E-state index in [9.17, 15) is 13.2 Å². The lowest BCUT2D eigenvalue weighted by molar-refractivity contribution is 0.0146. The summed E-state index contributed by atoms with van der Waals surface area (Å²) in [5.41, 5.74) is 4.58. The first kappa shape index (κ1) is 26.9. The van der Waals surface area contributed by atoms with Gasteiger partial charge in [0, 0.05) is 41.9 Å². The molecule has 3 aromatic rings. The zero-order valence-electron chi connectivity index (χ0n) is 22.5. The number of piperidine rings is 1. The molecule has 11 heteroatoms. The van der Waals surface area contributed by atoms with Gasteiger partial charge in [0.1, 0.15) is 17.3 Å². The Morgan fingerprint density at radius 1 is 1.12 bits per heavy atom. The van der Waals surface area contributed by atoms with Crippen LogP contribution in [0.15, 0.2) is 47.1 Å². The van der Waals surface area contributed by atoms with Crippen molar-refractivity contribution in [3.05, 3.63) is 65.0 Å². The molecule has 4 heterocycles. The average Bonchev–Trinajstić information content (AvgIpc) is 3.63. The summed E-state index contributed by atoms with van der Waals surface area (Å²) >= 11 is 0. The van der Waals surface area contributed by atoms with Gasteiger partial charge in [0.05, 0.1) is 24.0 Å². The number of hydrogen-bond donors (Lipinski definition) is 2. The third-order valence-corrected chi connectivity index (χ3v) is 8.96. The summed E-state index contributed by atoms with van der Waals surface area (Å²) in [5.74, 6) is 1.29. The zero-order chi connectivity index (χ0) is 27.9. The monoisotopic (exact) mass is 566 g/mol. The minimum absolute atomic E-state index is 0.133. The summed E-state index contributed by atoms with van der Waals surface area (Å²) in [5, 5.41) is 6.96. The second kappa shape index (κ2) is 10.9. The lowest BCUT2D eigenvalue weighted by Gasteiger charge is -2.39. The van der Waals surface area contributed by atoms with Crippen LogP contribution in [-0.2, 0) is 21.5 Å². The van der Waals surface area contributed by atoms with E-state index in [2.05, 4.69) is 39.4 Å². The summed E-state index contributed by atoms with van der Waals surface area (Å²) in [6.45, 7) is 2.42. The van der Waals surface area contributed by atoms with E-state index in [0.717, 1.165) is 66.9 Å². The number of rotatable bonds is 10. The number of hydrogen-bond acceptors (Lipinski definition) is 8. The highest BCUT2D eigenvalue weighted by atomic mass is 32.2. The van der Waals surface area contributed by atoms with Crippen molar-refractivity contribution in [2.75, 3.05) is 17.2 Å². The van der Waals surface area contributed by atoms with E-state index in [4.69, 9.17) is 13.8 Å². The van der Waals surface area contributed by atoms with E-state index >= 15 is 0 Å². The molecule has 1 aromatic carbocycles. The zero-order valence-corrected chi connectivity index (χ0v) is 23.3. The molecule has 6 rings (SSSR count). The van der Waals surface area contributed by atoms with E-state index in [0.29, 0.717) is 30.2 Å². The number of aryl methyl sites for hydroxylation is 1. The van der Waals surface area contributed by atoms with Gasteiger partial charge in [-0.3, -0.25) is 9.35 Å². The van der Waals surface area contributed by atoms with Gasteiger partial charge >= 0.3 is 0 Å². The molecular weight excluding hydrogens is 532 g/mol. The molecule has 0 radical (unpaired) electrons. The molecular formula is C29H34N4O6S. The molecule has 2 aromatic heterocycles. The summed E-state index contributed by atoms with van der Waals surface area (Å²) in [6, 6.07) is 12.4. The predicted molar refractivity (Wildman–Crippen MR) is 149 cm³/mol. The number of nitrogens with one attached hydrogen (secondary N) is 1. The van der Waals surface area contributed by atoms with Gasteiger partial charge in [-0.2, -0.15) is 8.42 Å². The van der Waals surface area contributed by atoms with Crippen LogP contribution in [0.3, 0.4) is 0 Å². The van der Waals surface area contributed by atoms with Crippen molar-refractivity contribution in [3.63, 3.8) is 0 Å². The van der Waals surface area contributed by atoms with Crippen molar-refractivity contribution >= 4 is 21.8 Å². The van der Waals surface area contributed by atoms with Crippen LogP contribution in [-0.4, -0.2) is 59.5 Å². The Morgan fingerprint density at radius 3 is 2.52 bits per heavy atom. The fraction of sp³-hybridized carbons (Fsp3) is 0.483. The molecule has 1 amide bonds. The van der Waals surface area contributed by atoms with Gasteiger partial charge in [-0.15, -0.1) is 0 Å². The van der Waals surface area contributed by atoms with Crippen molar-refractivity contribution in [1.82, 2.24) is 15.5 Å². The van der Waals surface area contributed by atoms with Crippen LogP contribution in [0.4, 0.5) is 5.82 Å². The second-order valence-corrected chi connectivity index (χ2v) is 12.7. The maximum atomic E-state index is 12.3. The summed E-state index contributed by atoms with van der Waals surface area (Å²) < 4.78 is 43.0. The standard InChI is InChI=1S/C29H34N4O6S/c1-18-4-2-3-5-24(18)27-25(28(39-32-27)19-6-7-19)17-38-23-14-21-9-10-22(15-23)33(21)26-11-8-20(16-31-26)29(34)30-12-13-40(35,36)37/h2-5,8,11,16,19,21-23H,6-7,9-10,12-15,17H2,1H3,(H,30,34)(H,35,36,37)/t21-,22?,23-/m0/s1. The summed E-state index contributed by atoms with van der Waals surface area (Å²) in [4.78, 5) is 19.2. The number of carbonyl (C=O) groups is 1. The maximum Gasteiger partial charge on any atom is 0.266 e. The van der Waals surface area contributed by atoms with Gasteiger partial charge in [-0.1, -0.05) is 29.4 Å². The Bertz CT molecular complexity index is 1470. The van der Waals surface area contributed by atoms with Crippen LogP contribution >= 0.6 is 0 Å². The Labute approximate surface area is 233 Å². The summed E-state index contributed by atoms with van der Waals surface area (Å²) in [7, 11) is -4.13. The molecule has 2 N–H and O–H groups in total. The van der Waals surface area contributed by atoms with Gasteiger partial charge < -0.3 is 19.5 Å². The Hall–Kier alpha value is -3.28. The van der Waals surface area contributed by atoms with Crippen molar-refractivity contribution < 1.29 is 27.0 Å². The number of ether oxygens (including phenoxy) is 1. The van der Waals surface area contributed by atoms with E-state index in [-0.39, 0.29) is 12.6 Å². The first-order chi connectivity index (χ1) is 19.3. The van der Waals surface area contributed by atoms with Crippen molar-refractivity contribution in [1.29, 1.82) is 0 Å². The number of fused-ring (bicyclic) bond motifs is 2. The average molecular weight is 567 g/mol. The Balaban J connectivity index is 1.09. The number of nitrogens with zero attached hydrogens (tertiary/aromatic N) is 3. The third-order valence-electron chi connectivity index (χ3n) is 8.24. The quantitative estimate of drug-likeness (QED) is 0.345. The van der Waals surface area contributed by atoms with Crippen LogP contribution in [0.5, 0.6) is 0 Å². The number of carbonyl (C=O) groups excluding carboxylic acids is 1. The van der Waals surface area contributed by atoms with Crippen LogP contribution in [0.2, 0.25) is 0 Å². The van der Waals surface area contributed by atoms with Gasteiger partial charge in [0.25, 0.3) is 16.0 Å². The largest absolute Gasteiger partial charge is 0.373 e. The lowest BCUT2D eigenvalue weighted by atomic mass is 9.98. The first-order valence-electron chi connectivity index (χ1n) is 13.9. The molecule has 3 atom stereocenters. The number of amides is 1. The highest BCUT2D eigenvalue weighted by molar-refractivity contribution is 7.85. The molecule has 3 fully saturated rings. The third kappa shape index (κ3) is 5.77. The van der Waals surface area contributed by atoms with Crippen LogP contribution < -0.4 is 10.2 Å². The fourth-order valence-corrected chi connectivity index (χ4v) is 6.45. The fourth-order valence-electron chi connectivity index (χ4n) is 6.09. The molecule has 1 saturated carbocycles. The van der Waals surface area contributed by atoms with Gasteiger partial charge in [0.15, 0.2) is 0 Å². The molecule has 2 bridgehead atoms. The number of benzene rings is 1. The smallest absolute Gasteiger partial charge is 0.266 e. The Morgan fingerprint density at radius 2 is 1.88 bits per heavy atom. The normalized spacial score (nSPS) is 22.4. The first-order valence-corrected chi connectivity index (χ1v) is 15.5. The Kier molecular flexibility index (Phi) is 7.37. The van der Waals surface area contributed by atoms with Gasteiger partial charge in [0.2, 0.25) is 0 Å². The lowest BCUT2D eigenvalue weighted by Crippen LogP contribution is -2.46. The molecule has 1 unspecified atom stereocenters. The van der Waals surface area contributed by atoms with Crippen molar-refractivity contribution in [3.8, 4) is 11.3 Å². The van der Waals surface area contributed by atoms with Crippen molar-refractivity contribution in [2.24, 2.45) is 0 Å². The van der Waals surface area contributed by atoms with E-state index in [1.54, 1.807) is 6.07 Å². The van der Waals surface area contributed by atoms with Gasteiger partial charge in [-0.05, 0) is 63.1 Å². The van der Waals surface area contributed by atoms with Crippen LogP contribution in [0, 0.1) is 6.92 Å². The minimum Gasteiger partial charge on any atom is -0.373 e. The minimum atomic E-state index is -4.13. The highest BCUT2D eigenvalue weighted by Crippen LogP contribution is 2.45. The molecule has 1 aliphatic carbocycles. The topological polar surface area (TPSA) is 135 Å². The maximum absolute atomic E-state index is 12.3. The molecule has 40 heavy (non-hydrogen) atoms. The highest BCUT2D eigenvalue weighted by Gasteiger charge is 2.42. The SMILES string of the molecule is Cc1ccccc1-c1noc(C2CC2)c1CO[C@@H]1CC2CC[C@@H](C1)N2c1ccc(C(=O)NCCS(=O)(=O)O)cn1. The molecule has 0 spiro atoms. The van der Waals surface area contributed by atoms with Crippen molar-refractivity contribution in [2.45, 2.75) is 76.2 Å². The molecule has 10 nitrogen and oxygen atoms in total. The number of aromatic nitrogens is 2. The second-order valence-electron chi connectivity index (χ2n) is 11.1. The van der Waals surface area contributed by atoms with E-state index in [1.165, 1.54) is 11.8 Å². The predicted octanol–water partition coefficient (Wildman–Crippen LogP) is 4.26. The van der Waals surface area contributed by atoms with E-state index < -0.39 is 21.8 Å². The summed E-state index contributed by atoms with van der Waals surface area (Å²) in [6.07, 6.45) is 7.86. The molecule has 2 saturated heterocycles. The van der Waals surface area contributed by atoms with Crippen LogP contribution in [0.25, 0.3) is 11.3 Å². The molecule has 3 aliphatic rings. The number of anilines is 1. The molecule has 212 valence electrons. The molecule has 2 aliphatic heterocycles. The van der Waals surface area contributed by atoms with Crippen LogP contribution in [0.1, 0.15) is 71.7 Å². The number of pyridine rings is 1. The van der Waals surface area contributed by atoms with Gasteiger partial charge in [-0.25, -0.2) is 4.98 Å². The van der Waals surface area contributed by atoms with E-state index in [1.807, 2.05) is 18.2 Å².